The van der Waals surface area contributed by atoms with E-state index in [1.54, 1.807) is 21.6 Å². The second kappa shape index (κ2) is 10.8. The van der Waals surface area contributed by atoms with Gasteiger partial charge in [-0.05, 0) is 0 Å². The summed E-state index contributed by atoms with van der Waals surface area (Å²) in [6.45, 7) is 4.13. The van der Waals surface area contributed by atoms with Gasteiger partial charge in [-0.1, -0.05) is 47.3 Å². The van der Waals surface area contributed by atoms with Gasteiger partial charge in [0.1, 0.15) is 0 Å². The average Bonchev–Trinajstić information content (AvgIpc) is 2.10. The second-order valence-electron chi connectivity index (χ2n) is 1.94. The van der Waals surface area contributed by atoms with Gasteiger partial charge in [0.2, 0.25) is 0 Å². The van der Waals surface area contributed by atoms with E-state index in [1.807, 2.05) is 0 Å². The van der Waals surface area contributed by atoms with Crippen LogP contribution in [0.1, 0.15) is 26.7 Å². The minimum atomic E-state index is 0.923. The van der Waals surface area contributed by atoms with Crippen LogP contribution in [0.5, 0.6) is 0 Å². The van der Waals surface area contributed by atoms with Crippen LogP contribution in [-0.2, 0) is 0 Å². The fraction of sp³-hybridized carbons (Fsp3) is 0.600. The van der Waals surface area contributed by atoms with Gasteiger partial charge in [-0.25, -0.2) is 0 Å². The lowest BCUT2D eigenvalue weighted by Crippen LogP contribution is -1.69. The molecule has 0 aliphatic heterocycles. The van der Waals surface area contributed by atoms with Gasteiger partial charge in [0, 0.05) is 12.8 Å². The molecular weight excluding hydrogens is 184 g/mol. The lowest BCUT2D eigenvalue weighted by atomic mass is 10.5. The summed E-state index contributed by atoms with van der Waals surface area (Å²) in [4.78, 5) is 0. The molecule has 0 amide bonds. The van der Waals surface area contributed by atoms with Gasteiger partial charge < -0.3 is 0 Å². The van der Waals surface area contributed by atoms with Crippen LogP contribution in [-0.4, -0.2) is 11.5 Å². The summed E-state index contributed by atoms with van der Waals surface area (Å²) in [5.74, 6) is 14.0. The first-order valence-corrected chi connectivity index (χ1v) is 6.56. The average molecular weight is 198 g/mol. The van der Waals surface area contributed by atoms with Crippen LogP contribution in [0.15, 0.2) is 0 Å². The van der Waals surface area contributed by atoms with E-state index >= 15 is 0 Å². The monoisotopic (exact) mass is 198 g/mol. The van der Waals surface area contributed by atoms with Crippen LogP contribution in [0.4, 0.5) is 0 Å². The van der Waals surface area contributed by atoms with E-state index in [0.717, 1.165) is 24.3 Å². The standard InChI is InChI=1S/C10H14S2/c1-3-5-7-9-11-12-10-8-6-4-2/h3-4,9-10H2,1-2H3. The van der Waals surface area contributed by atoms with Crippen molar-refractivity contribution < 1.29 is 0 Å². The molecule has 0 saturated heterocycles. The molecule has 66 valence electrons. The van der Waals surface area contributed by atoms with Gasteiger partial charge in [-0.2, -0.15) is 0 Å². The molecule has 0 rings (SSSR count). The lowest BCUT2D eigenvalue weighted by molar-refractivity contribution is 1.28. The van der Waals surface area contributed by atoms with Crippen LogP contribution < -0.4 is 0 Å². The van der Waals surface area contributed by atoms with Crippen LogP contribution in [0, 0.1) is 23.7 Å². The Morgan fingerprint density at radius 1 is 0.750 bits per heavy atom. The molecule has 0 aromatic carbocycles. The highest BCUT2D eigenvalue weighted by molar-refractivity contribution is 8.76. The van der Waals surface area contributed by atoms with Gasteiger partial charge in [0.15, 0.2) is 0 Å². The molecule has 0 spiro atoms. The van der Waals surface area contributed by atoms with E-state index in [1.165, 1.54) is 0 Å². The van der Waals surface area contributed by atoms with Gasteiger partial charge in [-0.15, -0.1) is 11.8 Å². The Hall–Kier alpha value is -0.180. The summed E-state index contributed by atoms with van der Waals surface area (Å²) in [5.41, 5.74) is 0. The fourth-order valence-electron chi connectivity index (χ4n) is 0.494. The van der Waals surface area contributed by atoms with Crippen LogP contribution in [0.2, 0.25) is 0 Å². The molecule has 2 heteroatoms. The molecule has 0 aliphatic carbocycles. The molecule has 0 heterocycles. The third-order valence-corrected chi connectivity index (χ3v) is 2.85. The molecule has 12 heavy (non-hydrogen) atoms. The van der Waals surface area contributed by atoms with Gasteiger partial charge in [-0.3, -0.25) is 0 Å². The second-order valence-corrected chi connectivity index (χ2v) is 4.40. The van der Waals surface area contributed by atoms with Crippen molar-refractivity contribution in [2.24, 2.45) is 0 Å². The molecule has 0 radical (unpaired) electrons. The fourth-order valence-corrected chi connectivity index (χ4v) is 1.84. The van der Waals surface area contributed by atoms with Crippen molar-refractivity contribution in [1.29, 1.82) is 0 Å². The summed E-state index contributed by atoms with van der Waals surface area (Å²) in [5, 5.41) is 0. The van der Waals surface area contributed by atoms with Crippen molar-refractivity contribution in [2.45, 2.75) is 26.7 Å². The normalized spacial score (nSPS) is 7.83. The molecular formula is C10H14S2. The predicted octanol–water partition coefficient (Wildman–Crippen LogP) is 3.19. The summed E-state index contributed by atoms with van der Waals surface area (Å²) < 4.78 is 0. The lowest BCUT2D eigenvalue weighted by Gasteiger charge is -1.88. The number of rotatable bonds is 3. The maximum atomic E-state index is 3.07. The molecule has 0 N–H and O–H groups in total. The summed E-state index contributed by atoms with van der Waals surface area (Å²) in [7, 11) is 3.57. The van der Waals surface area contributed by atoms with E-state index in [0.29, 0.717) is 0 Å². The zero-order valence-corrected chi connectivity index (χ0v) is 9.28. The Morgan fingerprint density at radius 2 is 1.17 bits per heavy atom. The van der Waals surface area contributed by atoms with Crippen LogP contribution >= 0.6 is 21.6 Å². The van der Waals surface area contributed by atoms with Gasteiger partial charge >= 0.3 is 0 Å². The first-order chi connectivity index (χ1) is 5.91. The Bertz CT molecular complexity index is 175. The van der Waals surface area contributed by atoms with Crippen LogP contribution in [0.3, 0.4) is 0 Å². The van der Waals surface area contributed by atoms with E-state index in [9.17, 15) is 0 Å². The largest absolute Gasteiger partial charge is 0.103 e. The minimum absolute atomic E-state index is 0.923. The van der Waals surface area contributed by atoms with Crippen LogP contribution in [0.25, 0.3) is 0 Å². The summed E-state index contributed by atoms with van der Waals surface area (Å²) >= 11 is 0. The van der Waals surface area contributed by atoms with Crippen molar-refractivity contribution in [2.75, 3.05) is 11.5 Å². The summed E-state index contributed by atoms with van der Waals surface area (Å²) in [6, 6.07) is 0. The molecule has 0 aromatic rings. The highest BCUT2D eigenvalue weighted by Crippen LogP contribution is 2.18. The third-order valence-electron chi connectivity index (χ3n) is 0.949. The minimum Gasteiger partial charge on any atom is -0.103 e. The van der Waals surface area contributed by atoms with Gasteiger partial charge in [0.05, 0.1) is 11.5 Å². The molecule has 0 bridgehead atoms. The number of hydrogen-bond acceptors (Lipinski definition) is 2. The van der Waals surface area contributed by atoms with Crippen molar-refractivity contribution in [3.63, 3.8) is 0 Å². The van der Waals surface area contributed by atoms with E-state index < -0.39 is 0 Å². The quantitative estimate of drug-likeness (QED) is 0.388. The Labute approximate surface area is 83.7 Å². The van der Waals surface area contributed by atoms with E-state index in [4.69, 9.17) is 0 Å². The molecule has 0 aromatic heterocycles. The molecule has 0 nitrogen and oxygen atoms in total. The Morgan fingerprint density at radius 3 is 1.50 bits per heavy atom. The molecule has 0 atom stereocenters. The Kier molecular flexibility index (Phi) is 10.7. The first-order valence-electron chi connectivity index (χ1n) is 4.07. The number of hydrogen-bond donors (Lipinski definition) is 0. The summed E-state index contributed by atoms with van der Waals surface area (Å²) in [6.07, 6.45) is 1.92. The van der Waals surface area contributed by atoms with Crippen molar-refractivity contribution in [3.05, 3.63) is 0 Å². The maximum Gasteiger partial charge on any atom is 0.0651 e. The Balaban J connectivity index is 3.11. The smallest absolute Gasteiger partial charge is 0.0651 e. The highest BCUT2D eigenvalue weighted by Gasteiger charge is 1.82. The topological polar surface area (TPSA) is 0 Å². The SMILES string of the molecule is CCC#CCSSCC#CCC. The predicted molar refractivity (Wildman–Crippen MR) is 61.1 cm³/mol. The maximum absolute atomic E-state index is 3.07. The van der Waals surface area contributed by atoms with Crippen molar-refractivity contribution in [1.82, 2.24) is 0 Å². The highest BCUT2D eigenvalue weighted by atomic mass is 33.1. The van der Waals surface area contributed by atoms with E-state index in [-0.39, 0.29) is 0 Å². The third kappa shape index (κ3) is 9.82. The van der Waals surface area contributed by atoms with Gasteiger partial charge in [0.25, 0.3) is 0 Å². The van der Waals surface area contributed by atoms with Crippen molar-refractivity contribution >= 4 is 21.6 Å². The van der Waals surface area contributed by atoms with Crippen molar-refractivity contribution in [3.8, 4) is 23.7 Å². The zero-order valence-electron chi connectivity index (χ0n) is 7.64. The molecule has 0 unspecified atom stereocenters. The first kappa shape index (κ1) is 11.8. The molecule has 0 fully saturated rings. The molecule has 0 aliphatic rings. The molecule has 0 saturated carbocycles. The zero-order chi connectivity index (χ0) is 9.07. The van der Waals surface area contributed by atoms with E-state index in [2.05, 4.69) is 37.5 Å².